The average molecular weight is 517 g/mol. The third-order valence-corrected chi connectivity index (χ3v) is 5.45. The highest BCUT2D eigenvalue weighted by molar-refractivity contribution is 5.98. The molecule has 11 heteroatoms. The number of nitrogens with zero attached hydrogens (tertiary/aromatic N) is 3. The maximum Gasteiger partial charge on any atom is 0.252 e. The average Bonchev–Trinajstić information content (AvgIpc) is 2.91. The van der Waals surface area contributed by atoms with E-state index in [1.807, 2.05) is 43.3 Å². The van der Waals surface area contributed by atoms with E-state index in [-0.39, 0.29) is 29.3 Å². The molecule has 3 heterocycles. The largest absolute Gasteiger partial charge is 0.366 e. The Bertz CT molecular complexity index is 1380. The monoisotopic (exact) mass is 516 g/mol. The lowest BCUT2D eigenvalue weighted by atomic mass is 10.1. The second kappa shape index (κ2) is 12.9. The topological polar surface area (TPSA) is 175 Å². The maximum atomic E-state index is 14.4. The standard InChI is InChI=1S/C21H23FN6O.C6H6N2O/c1-12(23)13(2)26-21-18(22)9-17(19(24)29)20(28-21)27-16-8-15(10-25-11-16)14-6-4-3-5-7-14;7-6(9)5-2-1-3-8-4-5/h3-13H,23H2,1-2H3,(H2,24,29)(H2,26,27,28);1-4H,(H2,7,9)/t12-,13+;/m1./s1. The second-order valence-corrected chi connectivity index (χ2v) is 8.43. The van der Waals surface area contributed by atoms with Gasteiger partial charge in [-0.3, -0.25) is 19.6 Å². The Hall–Kier alpha value is -4.90. The second-order valence-electron chi connectivity index (χ2n) is 8.43. The van der Waals surface area contributed by atoms with Crippen molar-refractivity contribution in [3.05, 3.63) is 96.3 Å². The van der Waals surface area contributed by atoms with Crippen molar-refractivity contribution >= 4 is 29.1 Å². The van der Waals surface area contributed by atoms with Crippen LogP contribution >= 0.6 is 0 Å². The van der Waals surface area contributed by atoms with E-state index in [4.69, 9.17) is 17.2 Å². The Kier molecular flexibility index (Phi) is 9.38. The van der Waals surface area contributed by atoms with Gasteiger partial charge in [0.25, 0.3) is 5.91 Å². The highest BCUT2D eigenvalue weighted by atomic mass is 19.1. The molecule has 2 atom stereocenters. The van der Waals surface area contributed by atoms with Gasteiger partial charge in [0.2, 0.25) is 5.91 Å². The molecular weight excluding hydrogens is 487 g/mol. The number of primary amides is 2. The molecule has 0 aliphatic rings. The normalized spacial score (nSPS) is 11.9. The predicted octanol–water partition coefficient (Wildman–Crippen LogP) is 3.45. The fourth-order valence-corrected chi connectivity index (χ4v) is 3.16. The van der Waals surface area contributed by atoms with Crippen molar-refractivity contribution in [1.29, 1.82) is 0 Å². The van der Waals surface area contributed by atoms with Crippen molar-refractivity contribution in [3.63, 3.8) is 0 Å². The molecule has 3 aromatic heterocycles. The predicted molar refractivity (Wildman–Crippen MR) is 145 cm³/mol. The van der Waals surface area contributed by atoms with Crippen LogP contribution in [0, 0.1) is 5.82 Å². The smallest absolute Gasteiger partial charge is 0.252 e. The summed E-state index contributed by atoms with van der Waals surface area (Å²) in [6.07, 6.45) is 6.33. The highest BCUT2D eigenvalue weighted by Gasteiger charge is 2.18. The van der Waals surface area contributed by atoms with Crippen LogP contribution in [0.1, 0.15) is 34.6 Å². The molecule has 4 rings (SSSR count). The summed E-state index contributed by atoms with van der Waals surface area (Å²) in [6, 6.07) is 15.5. The van der Waals surface area contributed by atoms with Crippen molar-refractivity contribution < 1.29 is 14.0 Å². The van der Waals surface area contributed by atoms with Gasteiger partial charge in [-0.2, -0.15) is 0 Å². The van der Waals surface area contributed by atoms with Crippen LogP contribution < -0.4 is 27.8 Å². The fourth-order valence-electron chi connectivity index (χ4n) is 3.16. The number of carbonyl (C=O) groups excluding carboxylic acids is 2. The zero-order chi connectivity index (χ0) is 27.7. The zero-order valence-corrected chi connectivity index (χ0v) is 20.9. The van der Waals surface area contributed by atoms with Crippen LogP contribution in [-0.4, -0.2) is 38.8 Å². The van der Waals surface area contributed by atoms with Gasteiger partial charge in [-0.25, -0.2) is 9.37 Å². The van der Waals surface area contributed by atoms with Gasteiger partial charge in [-0.15, -0.1) is 0 Å². The van der Waals surface area contributed by atoms with Gasteiger partial charge in [0, 0.05) is 36.2 Å². The molecule has 2 amide bonds. The number of nitrogens with two attached hydrogens (primary N) is 3. The van der Waals surface area contributed by atoms with Crippen molar-refractivity contribution in [2.75, 3.05) is 10.6 Å². The molecule has 0 bridgehead atoms. The fraction of sp³-hybridized carbons (Fsp3) is 0.148. The van der Waals surface area contributed by atoms with Gasteiger partial charge < -0.3 is 27.8 Å². The molecule has 196 valence electrons. The van der Waals surface area contributed by atoms with Crippen LogP contribution in [0.2, 0.25) is 0 Å². The molecule has 0 saturated carbocycles. The molecule has 4 aromatic rings. The molecule has 0 spiro atoms. The number of rotatable bonds is 8. The Morgan fingerprint density at radius 1 is 0.868 bits per heavy atom. The highest BCUT2D eigenvalue weighted by Crippen LogP contribution is 2.26. The number of aromatic nitrogens is 3. The Balaban J connectivity index is 0.000000375. The number of hydrogen-bond donors (Lipinski definition) is 5. The summed E-state index contributed by atoms with van der Waals surface area (Å²) in [4.78, 5) is 34.4. The van der Waals surface area contributed by atoms with Crippen molar-refractivity contribution in [1.82, 2.24) is 15.0 Å². The minimum Gasteiger partial charge on any atom is -0.366 e. The Labute approximate surface area is 219 Å². The van der Waals surface area contributed by atoms with Crippen LogP contribution in [0.4, 0.5) is 21.7 Å². The molecule has 0 aliphatic heterocycles. The number of nitrogens with one attached hydrogen (secondary N) is 2. The first kappa shape index (κ1) is 27.7. The summed E-state index contributed by atoms with van der Waals surface area (Å²) in [5.41, 5.74) is 19.0. The lowest BCUT2D eigenvalue weighted by molar-refractivity contribution is 0.0991. The molecule has 10 nitrogen and oxygen atoms in total. The van der Waals surface area contributed by atoms with Crippen LogP contribution in [0.3, 0.4) is 0 Å². The summed E-state index contributed by atoms with van der Waals surface area (Å²) in [5, 5.41) is 5.94. The maximum absolute atomic E-state index is 14.4. The zero-order valence-electron chi connectivity index (χ0n) is 20.9. The van der Waals surface area contributed by atoms with Gasteiger partial charge in [-0.05, 0) is 43.7 Å². The van der Waals surface area contributed by atoms with Gasteiger partial charge in [0.05, 0.1) is 23.0 Å². The summed E-state index contributed by atoms with van der Waals surface area (Å²) in [7, 11) is 0. The number of benzene rings is 1. The van der Waals surface area contributed by atoms with E-state index in [0.29, 0.717) is 11.3 Å². The number of carbonyl (C=O) groups is 2. The third kappa shape index (κ3) is 7.55. The molecule has 0 fully saturated rings. The quantitative estimate of drug-likeness (QED) is 0.237. The van der Waals surface area contributed by atoms with E-state index in [1.165, 1.54) is 6.20 Å². The summed E-state index contributed by atoms with van der Waals surface area (Å²) < 4.78 is 14.4. The molecule has 38 heavy (non-hydrogen) atoms. The molecular formula is C27H29FN8O2. The van der Waals surface area contributed by atoms with E-state index in [1.54, 1.807) is 37.6 Å². The number of amides is 2. The minimum atomic E-state index is -0.794. The molecule has 1 aromatic carbocycles. The Morgan fingerprint density at radius 3 is 2.18 bits per heavy atom. The summed E-state index contributed by atoms with van der Waals surface area (Å²) >= 11 is 0. The van der Waals surface area contributed by atoms with Crippen molar-refractivity contribution in [2.45, 2.75) is 25.9 Å². The SMILES string of the molecule is C[C@H](Nc1nc(Nc2cncc(-c3ccccc3)c2)c(C(N)=O)cc1F)[C@@H](C)N.NC(=O)c1cccnc1. The first-order chi connectivity index (χ1) is 18.2. The molecule has 0 aliphatic carbocycles. The lowest BCUT2D eigenvalue weighted by Gasteiger charge is -2.20. The van der Waals surface area contributed by atoms with Crippen LogP contribution in [0.15, 0.2) is 79.4 Å². The first-order valence-electron chi connectivity index (χ1n) is 11.7. The number of halogens is 1. The Morgan fingerprint density at radius 2 is 1.61 bits per heavy atom. The number of anilines is 3. The van der Waals surface area contributed by atoms with Gasteiger partial charge in [-0.1, -0.05) is 30.3 Å². The van der Waals surface area contributed by atoms with Crippen LogP contribution in [0.25, 0.3) is 11.1 Å². The summed E-state index contributed by atoms with van der Waals surface area (Å²) in [5.74, 6) is -1.81. The van der Waals surface area contributed by atoms with Crippen LogP contribution in [0.5, 0.6) is 0 Å². The molecule has 0 unspecified atom stereocenters. The van der Waals surface area contributed by atoms with Gasteiger partial charge in [0.15, 0.2) is 11.6 Å². The minimum absolute atomic E-state index is 0.0190. The van der Waals surface area contributed by atoms with E-state index in [0.717, 1.165) is 17.2 Å². The number of hydrogen-bond acceptors (Lipinski definition) is 8. The first-order valence-corrected chi connectivity index (χ1v) is 11.7. The molecule has 8 N–H and O–H groups in total. The molecule has 0 radical (unpaired) electrons. The van der Waals surface area contributed by atoms with Crippen LogP contribution in [-0.2, 0) is 0 Å². The third-order valence-electron chi connectivity index (χ3n) is 5.45. The van der Waals surface area contributed by atoms with E-state index in [9.17, 15) is 14.0 Å². The molecule has 0 saturated heterocycles. The van der Waals surface area contributed by atoms with Crippen molar-refractivity contribution in [2.24, 2.45) is 17.2 Å². The summed E-state index contributed by atoms with van der Waals surface area (Å²) in [6.45, 7) is 3.61. The van der Waals surface area contributed by atoms with E-state index in [2.05, 4.69) is 25.6 Å². The van der Waals surface area contributed by atoms with Crippen molar-refractivity contribution in [3.8, 4) is 11.1 Å². The van der Waals surface area contributed by atoms with Gasteiger partial charge >= 0.3 is 0 Å². The van der Waals surface area contributed by atoms with E-state index < -0.39 is 17.6 Å². The number of pyridine rings is 3. The van der Waals surface area contributed by atoms with Gasteiger partial charge in [0.1, 0.15) is 5.82 Å². The van der Waals surface area contributed by atoms with E-state index >= 15 is 0 Å². The lowest BCUT2D eigenvalue weighted by Crippen LogP contribution is -2.35.